The lowest BCUT2D eigenvalue weighted by molar-refractivity contribution is 0.0597. The maximum Gasteiger partial charge on any atom is 0.142 e. The number of rotatable bonds is 7. The lowest BCUT2D eigenvalue weighted by Crippen LogP contribution is -2.32. The number of hydrogen-bond acceptors (Lipinski definition) is 2. The predicted octanol–water partition coefficient (Wildman–Crippen LogP) is 6.77. The Balaban J connectivity index is 2.02. The van der Waals surface area contributed by atoms with Gasteiger partial charge in [-0.25, -0.2) is 9.38 Å². The minimum Gasteiger partial charge on any atom is -0.490 e. The van der Waals surface area contributed by atoms with E-state index in [2.05, 4.69) is 32.7 Å². The monoisotopic (exact) mass is 390 g/mol. The molecule has 3 nitrogen and oxygen atoms in total. The second-order valence-electron chi connectivity index (χ2n) is 10.0. The normalized spacial score (nSPS) is 18.3. The lowest BCUT2D eigenvalue weighted by Gasteiger charge is -2.29. The van der Waals surface area contributed by atoms with Crippen LogP contribution in [0.2, 0.25) is 0 Å². The summed E-state index contributed by atoms with van der Waals surface area (Å²) in [7, 11) is 2.12. The average Bonchev–Trinajstić information content (AvgIpc) is 2.59. The zero-order valence-electron chi connectivity index (χ0n) is 18.9. The number of benzene rings is 1. The van der Waals surface area contributed by atoms with Gasteiger partial charge in [-0.05, 0) is 68.7 Å². The van der Waals surface area contributed by atoms with Crippen molar-refractivity contribution in [2.24, 2.45) is 10.4 Å². The fourth-order valence-electron chi connectivity index (χ4n) is 4.19. The molecule has 1 saturated carbocycles. The van der Waals surface area contributed by atoms with Crippen molar-refractivity contribution in [1.29, 1.82) is 0 Å². The first-order valence-corrected chi connectivity index (χ1v) is 10.7. The van der Waals surface area contributed by atoms with Gasteiger partial charge in [0.25, 0.3) is 0 Å². The average molecular weight is 391 g/mol. The number of halogens is 1. The number of ether oxygens (including phenoxy) is 1. The van der Waals surface area contributed by atoms with Crippen LogP contribution in [0.15, 0.2) is 17.1 Å². The molecule has 1 fully saturated rings. The zero-order chi connectivity index (χ0) is 20.9. The summed E-state index contributed by atoms with van der Waals surface area (Å²) < 4.78 is 20.7. The second kappa shape index (κ2) is 9.28. The maximum atomic E-state index is 14.8. The molecule has 4 heteroatoms. The molecule has 1 aliphatic rings. The minimum absolute atomic E-state index is 0.0670. The van der Waals surface area contributed by atoms with Crippen molar-refractivity contribution >= 4 is 12.0 Å². The third-order valence-corrected chi connectivity index (χ3v) is 5.45. The number of aryl methyl sites for hydroxylation is 2. The summed E-state index contributed by atoms with van der Waals surface area (Å²) in [5.41, 5.74) is 1.57. The van der Waals surface area contributed by atoms with Gasteiger partial charge in [-0.3, -0.25) is 0 Å². The fraction of sp³-hybridized carbons (Fsp3) is 0.708. The molecule has 0 aliphatic heterocycles. The Morgan fingerprint density at radius 2 is 1.75 bits per heavy atom. The molecule has 1 unspecified atom stereocenters. The molecule has 0 N–H and O–H groups in total. The molecule has 0 radical (unpaired) electrons. The van der Waals surface area contributed by atoms with E-state index in [0.29, 0.717) is 12.5 Å². The van der Waals surface area contributed by atoms with Crippen LogP contribution >= 0.6 is 0 Å². The number of nitrogens with zero attached hydrogens (tertiary/aromatic N) is 2. The van der Waals surface area contributed by atoms with E-state index in [1.165, 1.54) is 32.1 Å². The molecule has 0 aromatic heterocycles. The highest BCUT2D eigenvalue weighted by atomic mass is 19.1. The van der Waals surface area contributed by atoms with Gasteiger partial charge in [-0.2, -0.15) is 0 Å². The van der Waals surface area contributed by atoms with E-state index in [9.17, 15) is 4.39 Å². The Morgan fingerprint density at radius 3 is 2.36 bits per heavy atom. The van der Waals surface area contributed by atoms with Crippen LogP contribution < -0.4 is 4.74 Å². The van der Waals surface area contributed by atoms with E-state index in [1.54, 1.807) is 6.92 Å². The molecule has 28 heavy (non-hydrogen) atoms. The van der Waals surface area contributed by atoms with Crippen molar-refractivity contribution in [3.63, 3.8) is 0 Å². The van der Waals surface area contributed by atoms with Gasteiger partial charge >= 0.3 is 0 Å². The van der Waals surface area contributed by atoms with Crippen LogP contribution in [-0.2, 0) is 0 Å². The standard InChI is InChI=1S/C24H39FN2O/c1-18-14-22(28-16-24(6,25)15-23(3,4)5)19(2)13-21(18)26-17-27(7)20-11-9-8-10-12-20/h13-14,17,20H,8-12,15-16H2,1-7H3. The highest BCUT2D eigenvalue weighted by Crippen LogP contribution is 2.33. The molecular weight excluding hydrogens is 351 g/mol. The van der Waals surface area contributed by atoms with E-state index >= 15 is 0 Å². The summed E-state index contributed by atoms with van der Waals surface area (Å²) in [5, 5.41) is 0. The molecule has 0 bridgehead atoms. The van der Waals surface area contributed by atoms with E-state index in [4.69, 9.17) is 9.73 Å². The first-order chi connectivity index (χ1) is 13.0. The van der Waals surface area contributed by atoms with Gasteiger partial charge in [-0.15, -0.1) is 0 Å². The van der Waals surface area contributed by atoms with Crippen molar-refractivity contribution in [1.82, 2.24) is 4.90 Å². The first kappa shape index (κ1) is 22.7. The summed E-state index contributed by atoms with van der Waals surface area (Å²) >= 11 is 0. The summed E-state index contributed by atoms with van der Waals surface area (Å²) in [6, 6.07) is 4.62. The van der Waals surface area contributed by atoms with Crippen LogP contribution in [0, 0.1) is 19.3 Å². The Morgan fingerprint density at radius 1 is 1.11 bits per heavy atom. The molecule has 0 heterocycles. The van der Waals surface area contributed by atoms with Crippen LogP contribution in [0.1, 0.15) is 77.3 Å². The van der Waals surface area contributed by atoms with Crippen LogP contribution in [-0.4, -0.2) is 36.6 Å². The molecule has 0 spiro atoms. The van der Waals surface area contributed by atoms with Crippen molar-refractivity contribution in [3.05, 3.63) is 23.3 Å². The van der Waals surface area contributed by atoms with E-state index < -0.39 is 5.67 Å². The summed E-state index contributed by atoms with van der Waals surface area (Å²) in [5.74, 6) is 0.745. The summed E-state index contributed by atoms with van der Waals surface area (Å²) in [4.78, 5) is 6.96. The number of alkyl halides is 1. The Kier molecular flexibility index (Phi) is 7.52. The Hall–Kier alpha value is -1.58. The minimum atomic E-state index is -1.35. The molecule has 1 aliphatic carbocycles. The lowest BCUT2D eigenvalue weighted by atomic mass is 9.84. The van der Waals surface area contributed by atoms with Crippen molar-refractivity contribution in [3.8, 4) is 5.75 Å². The Bertz CT molecular complexity index is 670. The Labute approximate surface area is 171 Å². The summed E-state index contributed by atoms with van der Waals surface area (Å²) in [6.07, 6.45) is 8.92. The van der Waals surface area contributed by atoms with Gasteiger partial charge < -0.3 is 9.64 Å². The van der Waals surface area contributed by atoms with Gasteiger partial charge in [0.05, 0.1) is 12.0 Å². The molecule has 1 aromatic rings. The van der Waals surface area contributed by atoms with Crippen LogP contribution in [0.5, 0.6) is 5.75 Å². The van der Waals surface area contributed by atoms with Crippen LogP contribution in [0.3, 0.4) is 0 Å². The molecule has 2 rings (SSSR count). The van der Waals surface area contributed by atoms with Crippen molar-refractivity contribution in [2.45, 2.75) is 91.8 Å². The van der Waals surface area contributed by atoms with Gasteiger partial charge in [0.2, 0.25) is 0 Å². The SMILES string of the molecule is Cc1cc(OCC(C)(F)CC(C)(C)C)c(C)cc1N=CN(C)C1CCCCC1. The first-order valence-electron chi connectivity index (χ1n) is 10.7. The third-order valence-electron chi connectivity index (χ3n) is 5.45. The van der Waals surface area contributed by atoms with E-state index in [-0.39, 0.29) is 12.0 Å². The van der Waals surface area contributed by atoms with Gasteiger partial charge in [0, 0.05) is 13.1 Å². The van der Waals surface area contributed by atoms with E-state index in [0.717, 1.165) is 22.6 Å². The van der Waals surface area contributed by atoms with Crippen molar-refractivity contribution in [2.75, 3.05) is 13.7 Å². The molecule has 0 saturated heterocycles. The van der Waals surface area contributed by atoms with E-state index in [1.807, 2.05) is 32.3 Å². The van der Waals surface area contributed by atoms with Crippen LogP contribution in [0.4, 0.5) is 10.1 Å². The molecular formula is C24H39FN2O. The predicted molar refractivity (Wildman–Crippen MR) is 118 cm³/mol. The smallest absolute Gasteiger partial charge is 0.142 e. The highest BCUT2D eigenvalue weighted by Gasteiger charge is 2.30. The maximum absolute atomic E-state index is 14.8. The van der Waals surface area contributed by atoms with Gasteiger partial charge in [0.15, 0.2) is 0 Å². The van der Waals surface area contributed by atoms with Crippen LogP contribution in [0.25, 0.3) is 0 Å². The van der Waals surface area contributed by atoms with Gasteiger partial charge in [-0.1, -0.05) is 40.0 Å². The largest absolute Gasteiger partial charge is 0.490 e. The number of hydrogen-bond donors (Lipinski definition) is 0. The fourth-order valence-corrected chi connectivity index (χ4v) is 4.19. The molecule has 1 atom stereocenters. The van der Waals surface area contributed by atoms with Crippen molar-refractivity contribution < 1.29 is 9.13 Å². The summed E-state index contributed by atoms with van der Waals surface area (Å²) in [6.45, 7) is 11.9. The topological polar surface area (TPSA) is 24.8 Å². The van der Waals surface area contributed by atoms with Gasteiger partial charge in [0.1, 0.15) is 18.0 Å². The molecule has 0 amide bonds. The molecule has 158 valence electrons. The quantitative estimate of drug-likeness (QED) is 0.379. The third kappa shape index (κ3) is 7.10. The second-order valence-corrected chi connectivity index (χ2v) is 10.0. The molecule has 1 aromatic carbocycles. The number of aliphatic imine (C=N–C) groups is 1. The highest BCUT2D eigenvalue weighted by molar-refractivity contribution is 5.64. The zero-order valence-corrected chi connectivity index (χ0v) is 18.9.